The van der Waals surface area contributed by atoms with Crippen molar-refractivity contribution in [3.8, 4) is 0 Å². The van der Waals surface area contributed by atoms with Crippen molar-refractivity contribution in [2.24, 2.45) is 0 Å². The van der Waals surface area contributed by atoms with E-state index >= 15 is 0 Å². The monoisotopic (exact) mass is 351 g/mol. The lowest BCUT2D eigenvalue weighted by atomic mass is 10.1. The molecule has 0 heterocycles. The minimum atomic E-state index is -1.93. The predicted molar refractivity (Wildman–Crippen MR) is 99.3 cm³/mol. The maximum atomic E-state index is 12.6. The maximum Gasteiger partial charge on any atom is 0.311 e. The summed E-state index contributed by atoms with van der Waals surface area (Å²) in [7, 11) is -3.85. The van der Waals surface area contributed by atoms with Gasteiger partial charge in [0, 0.05) is 6.42 Å². The zero-order chi connectivity index (χ0) is 17.7. The van der Waals surface area contributed by atoms with Gasteiger partial charge in [0.1, 0.15) is 6.54 Å². The molecule has 0 atom stereocenters. The third-order valence-electron chi connectivity index (χ3n) is 3.29. The van der Waals surface area contributed by atoms with Gasteiger partial charge in [-0.25, -0.2) is 0 Å². The van der Waals surface area contributed by atoms with Crippen LogP contribution in [0.25, 0.3) is 0 Å². The highest BCUT2D eigenvalue weighted by atomic mass is 28.4. The summed E-state index contributed by atoms with van der Waals surface area (Å²) in [5.74, 6) is -0.236. The van der Waals surface area contributed by atoms with Gasteiger partial charge in [0.05, 0.1) is 0 Å². The first-order valence-electron chi connectivity index (χ1n) is 8.05. The van der Waals surface area contributed by atoms with E-state index in [9.17, 15) is 9.59 Å². The molecule has 0 aromatic heterocycles. The SMILES string of the molecule is C[Si](C)(C)OC(=O)CN(C(=O)CCc1ccccc1)[Si](C)(C)C. The summed E-state index contributed by atoms with van der Waals surface area (Å²) in [5.41, 5.74) is 1.14. The first-order valence-corrected chi connectivity index (χ1v) is 14.9. The molecule has 1 amide bonds. The van der Waals surface area contributed by atoms with Gasteiger partial charge in [-0.2, -0.15) is 0 Å². The van der Waals surface area contributed by atoms with E-state index in [0.29, 0.717) is 12.8 Å². The summed E-state index contributed by atoms with van der Waals surface area (Å²) in [6.07, 6.45) is 1.12. The zero-order valence-corrected chi connectivity index (χ0v) is 17.2. The highest BCUT2D eigenvalue weighted by Crippen LogP contribution is 2.14. The fourth-order valence-electron chi connectivity index (χ4n) is 2.23. The molecule has 0 aliphatic heterocycles. The van der Waals surface area contributed by atoms with Crippen LogP contribution in [-0.4, -0.2) is 39.5 Å². The molecule has 0 bridgehead atoms. The molecule has 6 heteroatoms. The number of nitrogens with zero attached hydrogens (tertiary/aromatic N) is 1. The molecule has 0 saturated heterocycles. The van der Waals surface area contributed by atoms with Crippen LogP contribution in [0.5, 0.6) is 0 Å². The average Bonchev–Trinajstić information content (AvgIpc) is 2.40. The molecule has 0 radical (unpaired) electrons. The Morgan fingerprint density at radius 2 is 1.57 bits per heavy atom. The smallest absolute Gasteiger partial charge is 0.311 e. The van der Waals surface area contributed by atoms with Gasteiger partial charge in [-0.1, -0.05) is 50.0 Å². The molecule has 128 valence electrons. The second-order valence-electron chi connectivity index (χ2n) is 7.72. The van der Waals surface area contributed by atoms with Gasteiger partial charge in [0.25, 0.3) is 0 Å². The van der Waals surface area contributed by atoms with Crippen molar-refractivity contribution in [1.29, 1.82) is 0 Å². The molecule has 1 rings (SSSR count). The van der Waals surface area contributed by atoms with Crippen LogP contribution in [0.1, 0.15) is 12.0 Å². The second-order valence-corrected chi connectivity index (χ2v) is 17.0. The van der Waals surface area contributed by atoms with E-state index in [4.69, 9.17) is 4.43 Å². The number of amides is 1. The minimum absolute atomic E-state index is 0.0422. The molecular weight excluding hydrogens is 322 g/mol. The number of carbonyl (C=O) groups is 2. The number of hydrogen-bond acceptors (Lipinski definition) is 3. The topological polar surface area (TPSA) is 46.6 Å². The van der Waals surface area contributed by atoms with Crippen molar-refractivity contribution in [3.05, 3.63) is 35.9 Å². The summed E-state index contributed by atoms with van der Waals surface area (Å²) >= 11 is 0. The lowest BCUT2D eigenvalue weighted by molar-refractivity contribution is -0.140. The predicted octanol–water partition coefficient (Wildman–Crippen LogP) is 3.66. The Morgan fingerprint density at radius 3 is 2.04 bits per heavy atom. The summed E-state index contributed by atoms with van der Waals surface area (Å²) in [5, 5.41) is 0. The van der Waals surface area contributed by atoms with Crippen molar-refractivity contribution < 1.29 is 14.0 Å². The number of benzene rings is 1. The largest absolute Gasteiger partial charge is 0.519 e. The van der Waals surface area contributed by atoms with Gasteiger partial charge in [-0.3, -0.25) is 9.59 Å². The van der Waals surface area contributed by atoms with Gasteiger partial charge < -0.3 is 8.99 Å². The summed E-state index contributed by atoms with van der Waals surface area (Å²) in [4.78, 5) is 24.8. The van der Waals surface area contributed by atoms with Gasteiger partial charge in [0.15, 0.2) is 8.24 Å². The van der Waals surface area contributed by atoms with E-state index in [-0.39, 0.29) is 18.4 Å². The van der Waals surface area contributed by atoms with Crippen molar-refractivity contribution in [1.82, 2.24) is 4.57 Å². The summed E-state index contributed by atoms with van der Waals surface area (Å²) in [6, 6.07) is 9.95. The van der Waals surface area contributed by atoms with Gasteiger partial charge in [-0.05, 0) is 31.6 Å². The minimum Gasteiger partial charge on any atom is -0.519 e. The van der Waals surface area contributed by atoms with Crippen LogP contribution in [0.15, 0.2) is 30.3 Å². The molecule has 0 aliphatic carbocycles. The Labute approximate surface area is 142 Å². The first kappa shape index (κ1) is 19.6. The number of aryl methyl sites for hydroxylation is 1. The summed E-state index contributed by atoms with van der Waals surface area (Å²) < 4.78 is 7.27. The fraction of sp³-hybridized carbons (Fsp3) is 0.529. The fourth-order valence-corrected chi connectivity index (χ4v) is 4.44. The van der Waals surface area contributed by atoms with Crippen LogP contribution in [0.2, 0.25) is 39.3 Å². The Hall–Kier alpha value is -1.41. The highest BCUT2D eigenvalue weighted by molar-refractivity contribution is 6.75. The van der Waals surface area contributed by atoms with Gasteiger partial charge in [-0.15, -0.1) is 0 Å². The Bertz CT molecular complexity index is 533. The van der Waals surface area contributed by atoms with E-state index in [1.54, 1.807) is 4.57 Å². The molecule has 0 fully saturated rings. The van der Waals surface area contributed by atoms with Crippen molar-refractivity contribution in [3.63, 3.8) is 0 Å². The van der Waals surface area contributed by atoms with Crippen molar-refractivity contribution in [2.75, 3.05) is 6.54 Å². The van der Waals surface area contributed by atoms with E-state index in [1.807, 2.05) is 50.0 Å². The van der Waals surface area contributed by atoms with Crippen LogP contribution >= 0.6 is 0 Å². The van der Waals surface area contributed by atoms with Crippen LogP contribution < -0.4 is 0 Å². The standard InChI is InChI=1S/C17H29NO3Si2/c1-22(2,3)18(14-17(20)21-23(4,5)6)16(19)13-12-15-10-8-7-9-11-15/h7-11H,12-14H2,1-6H3. The maximum absolute atomic E-state index is 12.6. The van der Waals surface area contributed by atoms with E-state index < -0.39 is 16.6 Å². The lowest BCUT2D eigenvalue weighted by Gasteiger charge is -2.34. The van der Waals surface area contributed by atoms with Crippen LogP contribution in [0, 0.1) is 0 Å². The molecule has 1 aromatic carbocycles. The number of rotatable bonds is 7. The molecule has 23 heavy (non-hydrogen) atoms. The van der Waals surface area contributed by atoms with Crippen LogP contribution in [-0.2, 0) is 20.4 Å². The molecule has 0 N–H and O–H groups in total. The van der Waals surface area contributed by atoms with Crippen LogP contribution in [0.3, 0.4) is 0 Å². The molecule has 4 nitrogen and oxygen atoms in total. The van der Waals surface area contributed by atoms with E-state index in [1.165, 1.54) is 0 Å². The van der Waals surface area contributed by atoms with Gasteiger partial charge in [0.2, 0.25) is 14.2 Å². The Morgan fingerprint density at radius 1 is 1.00 bits per heavy atom. The number of carbonyl (C=O) groups excluding carboxylic acids is 2. The Balaban J connectivity index is 2.70. The van der Waals surface area contributed by atoms with E-state index in [0.717, 1.165) is 5.56 Å². The zero-order valence-electron chi connectivity index (χ0n) is 15.2. The van der Waals surface area contributed by atoms with Crippen molar-refractivity contribution in [2.45, 2.75) is 52.1 Å². The average molecular weight is 352 g/mol. The second kappa shape index (κ2) is 7.92. The molecule has 0 aliphatic rings. The van der Waals surface area contributed by atoms with Crippen molar-refractivity contribution >= 4 is 28.4 Å². The summed E-state index contributed by atoms with van der Waals surface area (Å²) in [6.45, 7) is 12.2. The van der Waals surface area contributed by atoms with E-state index in [2.05, 4.69) is 19.6 Å². The van der Waals surface area contributed by atoms with Crippen LogP contribution in [0.4, 0.5) is 0 Å². The molecule has 0 saturated carbocycles. The normalized spacial score (nSPS) is 11.9. The quantitative estimate of drug-likeness (QED) is 0.704. The highest BCUT2D eigenvalue weighted by Gasteiger charge is 2.31. The van der Waals surface area contributed by atoms with Gasteiger partial charge >= 0.3 is 5.97 Å². The molecule has 0 spiro atoms. The molecular formula is C17H29NO3Si2. The number of hydrogen-bond donors (Lipinski definition) is 0. The third-order valence-corrected chi connectivity index (χ3v) is 6.16. The molecule has 0 unspecified atom stereocenters. The molecule has 1 aromatic rings. The Kier molecular flexibility index (Phi) is 6.76. The first-order chi connectivity index (χ1) is 10.5. The lowest BCUT2D eigenvalue weighted by Crippen LogP contribution is -2.53. The third kappa shape index (κ3) is 7.61.